The molecule has 0 aromatic carbocycles. The second-order valence-corrected chi connectivity index (χ2v) is 7.69. The Balaban J connectivity index is 1.93. The van der Waals surface area contributed by atoms with E-state index in [0.717, 1.165) is 29.5 Å². The largest absolute Gasteiger partial charge is 0.505 e. The van der Waals surface area contributed by atoms with Crippen LogP contribution in [0.5, 0.6) is 0 Å². The van der Waals surface area contributed by atoms with Gasteiger partial charge < -0.3 is 14.9 Å². The number of quaternary nitrogens is 1. The van der Waals surface area contributed by atoms with Crippen LogP contribution in [-0.4, -0.2) is 64.9 Å². The molecule has 0 fully saturated rings. The average Bonchev–Trinajstić information content (AvgIpc) is 2.96. The fraction of sp³-hybridized carbons (Fsp3) is 0.350. The summed E-state index contributed by atoms with van der Waals surface area (Å²) in [5, 5.41) is 18.2. The highest BCUT2D eigenvalue weighted by molar-refractivity contribution is 6.21. The van der Waals surface area contributed by atoms with Crippen LogP contribution < -0.4 is 5.32 Å². The first-order chi connectivity index (χ1) is 12.8. The Morgan fingerprint density at radius 3 is 2.78 bits per heavy atom. The van der Waals surface area contributed by atoms with Gasteiger partial charge in [-0.05, 0) is 31.2 Å². The SMILES string of the molecule is CC1=C(O)C(=Nc2c(NCCC[N+](C)(C)C)nn3ccccc23)C=CC1=O. The monoisotopic (exact) mass is 368 g/mol. The number of fused-ring (bicyclic) bond motifs is 1. The summed E-state index contributed by atoms with van der Waals surface area (Å²) in [5.41, 5.74) is 2.13. The summed E-state index contributed by atoms with van der Waals surface area (Å²) in [6, 6.07) is 5.75. The molecule has 0 spiro atoms. The predicted molar refractivity (Wildman–Crippen MR) is 108 cm³/mol. The number of rotatable bonds is 6. The number of aliphatic hydroxyl groups excluding tert-OH is 1. The molecule has 2 N–H and O–H groups in total. The first kappa shape index (κ1) is 18.8. The van der Waals surface area contributed by atoms with Gasteiger partial charge in [0.1, 0.15) is 17.2 Å². The molecular weight excluding hydrogens is 342 g/mol. The molecule has 0 saturated heterocycles. The molecule has 1 aliphatic carbocycles. The maximum absolute atomic E-state index is 11.7. The number of pyridine rings is 1. The molecule has 2 aromatic rings. The van der Waals surface area contributed by atoms with E-state index in [-0.39, 0.29) is 11.5 Å². The number of ketones is 1. The van der Waals surface area contributed by atoms with Gasteiger partial charge in [0.05, 0.1) is 33.2 Å². The van der Waals surface area contributed by atoms with Crippen LogP contribution in [0.2, 0.25) is 0 Å². The van der Waals surface area contributed by atoms with E-state index in [1.807, 2.05) is 24.4 Å². The Morgan fingerprint density at radius 2 is 2.04 bits per heavy atom. The molecule has 7 heteroatoms. The van der Waals surface area contributed by atoms with Gasteiger partial charge in [0.25, 0.3) is 0 Å². The third-order valence-electron chi connectivity index (χ3n) is 4.40. The molecular formula is C20H26N5O2+. The third-order valence-corrected chi connectivity index (χ3v) is 4.40. The van der Waals surface area contributed by atoms with Crippen LogP contribution in [0.25, 0.3) is 5.52 Å². The van der Waals surface area contributed by atoms with Crippen LogP contribution in [0.3, 0.4) is 0 Å². The quantitative estimate of drug-likeness (QED) is 0.467. The smallest absolute Gasteiger partial charge is 0.185 e. The zero-order valence-electron chi connectivity index (χ0n) is 16.2. The van der Waals surface area contributed by atoms with E-state index in [4.69, 9.17) is 0 Å². The van der Waals surface area contributed by atoms with Gasteiger partial charge >= 0.3 is 0 Å². The molecule has 2 heterocycles. The van der Waals surface area contributed by atoms with Crippen LogP contribution in [0.15, 0.2) is 52.9 Å². The van der Waals surface area contributed by atoms with Crippen LogP contribution in [0, 0.1) is 0 Å². The van der Waals surface area contributed by atoms with Crippen molar-refractivity contribution in [3.63, 3.8) is 0 Å². The maximum Gasteiger partial charge on any atom is 0.185 e. The van der Waals surface area contributed by atoms with Gasteiger partial charge in [-0.25, -0.2) is 9.51 Å². The topological polar surface area (TPSA) is 79.0 Å². The van der Waals surface area contributed by atoms with Crippen molar-refractivity contribution in [2.45, 2.75) is 13.3 Å². The first-order valence-corrected chi connectivity index (χ1v) is 8.99. The molecule has 0 radical (unpaired) electrons. The summed E-state index contributed by atoms with van der Waals surface area (Å²) < 4.78 is 2.66. The lowest BCUT2D eigenvalue weighted by Gasteiger charge is -2.23. The van der Waals surface area contributed by atoms with E-state index in [1.54, 1.807) is 11.4 Å². The predicted octanol–water partition coefficient (Wildman–Crippen LogP) is 2.89. The number of aliphatic hydroxyl groups is 1. The second-order valence-electron chi connectivity index (χ2n) is 7.69. The number of nitrogens with one attached hydrogen (secondary N) is 1. The molecule has 3 rings (SSSR count). The number of allylic oxidation sites excluding steroid dienone is 3. The summed E-state index contributed by atoms with van der Waals surface area (Å²) in [6.45, 7) is 3.40. The van der Waals surface area contributed by atoms with E-state index in [2.05, 4.69) is 36.6 Å². The number of carbonyl (C=O) groups is 1. The lowest BCUT2D eigenvalue weighted by Crippen LogP contribution is -2.36. The molecule has 0 bridgehead atoms. The molecule has 1 aliphatic rings. The Labute approximate surface area is 158 Å². The summed E-state index contributed by atoms with van der Waals surface area (Å²) in [7, 11) is 6.49. The standard InChI is InChI=1S/C20H25N5O2/c1-14-17(26)10-9-15(19(14)27)22-18-16-8-5-6-12-24(16)23-20(18)21-11-7-13-25(2,3)4/h5-6,8-10,12H,7,11,13H2,1-4H3,(H-,21,23,26,27)/p+1. The van der Waals surface area contributed by atoms with Gasteiger partial charge in [0.15, 0.2) is 11.6 Å². The summed E-state index contributed by atoms with van der Waals surface area (Å²) in [5.74, 6) is 0.365. The highest BCUT2D eigenvalue weighted by Gasteiger charge is 2.19. The van der Waals surface area contributed by atoms with E-state index >= 15 is 0 Å². The second kappa shape index (κ2) is 7.36. The fourth-order valence-electron chi connectivity index (χ4n) is 2.85. The Kier molecular flexibility index (Phi) is 5.14. The minimum Gasteiger partial charge on any atom is -0.505 e. The molecule has 2 aromatic heterocycles. The number of nitrogens with zero attached hydrogens (tertiary/aromatic N) is 4. The van der Waals surface area contributed by atoms with Crippen molar-refractivity contribution >= 4 is 28.5 Å². The first-order valence-electron chi connectivity index (χ1n) is 8.99. The number of anilines is 1. The van der Waals surface area contributed by atoms with E-state index in [9.17, 15) is 9.90 Å². The van der Waals surface area contributed by atoms with Crippen molar-refractivity contribution in [3.8, 4) is 0 Å². The molecule has 0 aliphatic heterocycles. The van der Waals surface area contributed by atoms with Gasteiger partial charge in [0.2, 0.25) is 0 Å². The highest BCUT2D eigenvalue weighted by Crippen LogP contribution is 2.31. The maximum atomic E-state index is 11.7. The van der Waals surface area contributed by atoms with Crippen LogP contribution in [0.1, 0.15) is 13.3 Å². The Morgan fingerprint density at radius 1 is 1.26 bits per heavy atom. The summed E-state index contributed by atoms with van der Waals surface area (Å²) >= 11 is 0. The number of aliphatic imine (C=N–C) groups is 1. The summed E-state index contributed by atoms with van der Waals surface area (Å²) in [4.78, 5) is 16.3. The normalized spacial score (nSPS) is 16.6. The molecule has 0 unspecified atom stereocenters. The molecule has 27 heavy (non-hydrogen) atoms. The van der Waals surface area contributed by atoms with Crippen LogP contribution in [-0.2, 0) is 4.79 Å². The van der Waals surface area contributed by atoms with E-state index in [0.29, 0.717) is 22.8 Å². The van der Waals surface area contributed by atoms with Gasteiger partial charge in [0, 0.05) is 24.7 Å². The molecule has 7 nitrogen and oxygen atoms in total. The van der Waals surface area contributed by atoms with Gasteiger partial charge in [-0.2, -0.15) is 0 Å². The van der Waals surface area contributed by atoms with Crippen molar-refractivity contribution in [1.82, 2.24) is 9.61 Å². The Hall–Kier alpha value is -2.93. The van der Waals surface area contributed by atoms with Gasteiger partial charge in [-0.1, -0.05) is 6.07 Å². The summed E-state index contributed by atoms with van der Waals surface area (Å²) in [6.07, 6.45) is 5.81. The minimum absolute atomic E-state index is 0.0891. The van der Waals surface area contributed by atoms with E-state index < -0.39 is 0 Å². The fourth-order valence-corrected chi connectivity index (χ4v) is 2.85. The van der Waals surface area contributed by atoms with Crippen molar-refractivity contribution < 1.29 is 14.4 Å². The molecule has 0 atom stereocenters. The highest BCUT2D eigenvalue weighted by atomic mass is 16.3. The minimum atomic E-state index is -0.204. The van der Waals surface area contributed by atoms with Crippen LogP contribution in [0.4, 0.5) is 11.5 Å². The zero-order chi connectivity index (χ0) is 19.6. The van der Waals surface area contributed by atoms with Crippen molar-refractivity contribution in [2.24, 2.45) is 4.99 Å². The zero-order valence-corrected chi connectivity index (χ0v) is 16.2. The Bertz CT molecular complexity index is 960. The number of hydrogen-bond acceptors (Lipinski definition) is 5. The number of carbonyl (C=O) groups excluding carboxylic acids is 1. The number of aromatic nitrogens is 2. The van der Waals surface area contributed by atoms with Crippen LogP contribution >= 0.6 is 0 Å². The van der Waals surface area contributed by atoms with Crippen molar-refractivity contribution in [3.05, 3.63) is 47.9 Å². The third kappa shape index (κ3) is 4.25. The van der Waals surface area contributed by atoms with Crippen molar-refractivity contribution in [2.75, 3.05) is 39.5 Å². The van der Waals surface area contributed by atoms with E-state index in [1.165, 1.54) is 12.2 Å². The average molecular weight is 368 g/mol. The van der Waals surface area contributed by atoms with Gasteiger partial charge in [-0.3, -0.25) is 4.79 Å². The molecule has 0 saturated carbocycles. The molecule has 142 valence electrons. The lowest BCUT2D eigenvalue weighted by atomic mass is 10.0. The molecule has 0 amide bonds. The number of hydrogen-bond donors (Lipinski definition) is 2. The lowest BCUT2D eigenvalue weighted by molar-refractivity contribution is -0.870. The van der Waals surface area contributed by atoms with Crippen molar-refractivity contribution in [1.29, 1.82) is 0 Å². The van der Waals surface area contributed by atoms with Gasteiger partial charge in [-0.15, -0.1) is 5.10 Å².